The van der Waals surface area contributed by atoms with Crippen LogP contribution >= 0.6 is 0 Å². The average Bonchev–Trinajstić information content (AvgIpc) is 2.63. The molecule has 138 valence electrons. The van der Waals surface area contributed by atoms with Gasteiger partial charge < -0.3 is 9.80 Å². The summed E-state index contributed by atoms with van der Waals surface area (Å²) in [6.45, 7) is 14.2. The lowest BCUT2D eigenvalue weighted by molar-refractivity contribution is 0.0746. The van der Waals surface area contributed by atoms with Crippen LogP contribution in [0.2, 0.25) is 0 Å². The molecule has 1 aliphatic rings. The summed E-state index contributed by atoms with van der Waals surface area (Å²) in [6.07, 6.45) is 0. The van der Waals surface area contributed by atoms with Crippen molar-refractivity contribution in [2.45, 2.75) is 40.0 Å². The van der Waals surface area contributed by atoms with Crippen molar-refractivity contribution in [3.63, 3.8) is 0 Å². The van der Waals surface area contributed by atoms with Crippen molar-refractivity contribution in [2.24, 2.45) is 0 Å². The van der Waals surface area contributed by atoms with Gasteiger partial charge in [-0.1, -0.05) is 45.0 Å². The van der Waals surface area contributed by atoms with Crippen LogP contribution in [0.1, 0.15) is 47.8 Å². The molecule has 0 radical (unpaired) electrons. The van der Waals surface area contributed by atoms with Crippen molar-refractivity contribution in [1.82, 2.24) is 4.90 Å². The summed E-state index contributed by atoms with van der Waals surface area (Å²) in [5.74, 6) is 0.145. The largest absolute Gasteiger partial charge is 0.368 e. The number of rotatable bonds is 2. The summed E-state index contributed by atoms with van der Waals surface area (Å²) in [7, 11) is 0. The lowest BCUT2D eigenvalue weighted by Crippen LogP contribution is -2.49. The summed E-state index contributed by atoms with van der Waals surface area (Å²) in [5, 5.41) is 0. The SMILES string of the molecule is Cc1ccc(C)c(N2CCN(C(=O)c3ccc(C(C)(C)C)cc3)CC2)c1. The molecule has 1 heterocycles. The van der Waals surface area contributed by atoms with Crippen LogP contribution in [0.25, 0.3) is 0 Å². The third kappa shape index (κ3) is 3.92. The summed E-state index contributed by atoms with van der Waals surface area (Å²) in [4.78, 5) is 17.2. The minimum absolute atomic E-state index is 0.110. The molecule has 1 fully saturated rings. The summed E-state index contributed by atoms with van der Waals surface area (Å²) < 4.78 is 0. The zero-order valence-corrected chi connectivity index (χ0v) is 16.7. The number of piperazine rings is 1. The summed E-state index contributed by atoms with van der Waals surface area (Å²) >= 11 is 0. The number of hydrogen-bond donors (Lipinski definition) is 0. The maximum atomic E-state index is 12.8. The van der Waals surface area contributed by atoms with Crippen LogP contribution in [0.3, 0.4) is 0 Å². The number of nitrogens with zero attached hydrogens (tertiary/aromatic N) is 2. The van der Waals surface area contributed by atoms with Gasteiger partial charge in [-0.15, -0.1) is 0 Å². The number of hydrogen-bond acceptors (Lipinski definition) is 2. The van der Waals surface area contributed by atoms with Crippen LogP contribution in [-0.2, 0) is 5.41 Å². The molecule has 2 aromatic carbocycles. The van der Waals surface area contributed by atoms with Gasteiger partial charge in [0, 0.05) is 37.4 Å². The van der Waals surface area contributed by atoms with E-state index in [1.165, 1.54) is 22.4 Å². The predicted molar refractivity (Wildman–Crippen MR) is 109 cm³/mol. The molecule has 0 unspecified atom stereocenters. The number of anilines is 1. The Balaban J connectivity index is 1.66. The Morgan fingerprint density at radius 1 is 0.885 bits per heavy atom. The van der Waals surface area contributed by atoms with Gasteiger partial charge in [-0.2, -0.15) is 0 Å². The van der Waals surface area contributed by atoms with Crippen molar-refractivity contribution >= 4 is 11.6 Å². The topological polar surface area (TPSA) is 23.6 Å². The number of aryl methyl sites for hydroxylation is 2. The maximum Gasteiger partial charge on any atom is 0.253 e. The number of carbonyl (C=O) groups excluding carboxylic acids is 1. The van der Waals surface area contributed by atoms with E-state index in [0.29, 0.717) is 0 Å². The lowest BCUT2D eigenvalue weighted by atomic mass is 9.86. The summed E-state index contributed by atoms with van der Waals surface area (Å²) in [5.41, 5.74) is 6.04. The lowest BCUT2D eigenvalue weighted by Gasteiger charge is -2.37. The van der Waals surface area contributed by atoms with Gasteiger partial charge in [0.25, 0.3) is 5.91 Å². The zero-order valence-electron chi connectivity index (χ0n) is 16.7. The van der Waals surface area contributed by atoms with Crippen molar-refractivity contribution in [3.05, 3.63) is 64.7 Å². The first-order valence-electron chi connectivity index (χ1n) is 9.48. The monoisotopic (exact) mass is 350 g/mol. The van der Waals surface area contributed by atoms with Crippen molar-refractivity contribution in [3.8, 4) is 0 Å². The smallest absolute Gasteiger partial charge is 0.253 e. The molecular formula is C23H30N2O. The maximum absolute atomic E-state index is 12.8. The van der Waals surface area contributed by atoms with Gasteiger partial charge >= 0.3 is 0 Å². The predicted octanol–water partition coefficient (Wildman–Crippen LogP) is 4.56. The van der Waals surface area contributed by atoms with E-state index in [0.717, 1.165) is 31.7 Å². The van der Waals surface area contributed by atoms with E-state index in [2.05, 4.69) is 69.9 Å². The second-order valence-electron chi connectivity index (χ2n) is 8.40. The van der Waals surface area contributed by atoms with Crippen LogP contribution in [0, 0.1) is 13.8 Å². The average molecular weight is 351 g/mol. The quantitative estimate of drug-likeness (QED) is 0.792. The first kappa shape index (κ1) is 18.5. The Labute approximate surface area is 157 Å². The van der Waals surface area contributed by atoms with Gasteiger partial charge in [0.1, 0.15) is 0 Å². The van der Waals surface area contributed by atoms with E-state index in [9.17, 15) is 4.79 Å². The summed E-state index contributed by atoms with van der Waals surface area (Å²) in [6, 6.07) is 14.7. The highest BCUT2D eigenvalue weighted by molar-refractivity contribution is 5.94. The van der Waals surface area contributed by atoms with Gasteiger partial charge in [0.2, 0.25) is 0 Å². The van der Waals surface area contributed by atoms with E-state index in [-0.39, 0.29) is 11.3 Å². The molecule has 0 atom stereocenters. The molecule has 1 aliphatic heterocycles. The molecule has 0 N–H and O–H groups in total. The third-order valence-corrected chi connectivity index (χ3v) is 5.27. The number of carbonyl (C=O) groups is 1. The molecule has 3 rings (SSSR count). The Kier molecular flexibility index (Phi) is 5.08. The number of amides is 1. The fraction of sp³-hybridized carbons (Fsp3) is 0.435. The van der Waals surface area contributed by atoms with Crippen molar-refractivity contribution < 1.29 is 4.79 Å². The van der Waals surface area contributed by atoms with Crippen LogP contribution < -0.4 is 4.90 Å². The Morgan fingerprint density at radius 3 is 2.08 bits per heavy atom. The van der Waals surface area contributed by atoms with E-state index >= 15 is 0 Å². The van der Waals surface area contributed by atoms with E-state index < -0.39 is 0 Å². The molecule has 0 bridgehead atoms. The molecule has 1 amide bonds. The molecule has 0 spiro atoms. The normalized spacial score (nSPS) is 15.3. The fourth-order valence-electron chi connectivity index (χ4n) is 3.51. The van der Waals surface area contributed by atoms with Crippen LogP contribution in [0.15, 0.2) is 42.5 Å². The Morgan fingerprint density at radius 2 is 1.50 bits per heavy atom. The molecule has 3 nitrogen and oxygen atoms in total. The highest BCUT2D eigenvalue weighted by Crippen LogP contribution is 2.24. The Bertz CT molecular complexity index is 779. The van der Waals surface area contributed by atoms with Gasteiger partial charge in [-0.05, 0) is 54.2 Å². The minimum atomic E-state index is 0.110. The molecule has 26 heavy (non-hydrogen) atoms. The first-order chi connectivity index (χ1) is 12.3. The molecule has 3 heteroatoms. The van der Waals surface area contributed by atoms with Crippen LogP contribution in [0.4, 0.5) is 5.69 Å². The second kappa shape index (κ2) is 7.14. The van der Waals surface area contributed by atoms with E-state index in [4.69, 9.17) is 0 Å². The van der Waals surface area contributed by atoms with Gasteiger partial charge in [0.05, 0.1) is 0 Å². The zero-order chi connectivity index (χ0) is 18.9. The Hall–Kier alpha value is -2.29. The second-order valence-corrected chi connectivity index (χ2v) is 8.40. The third-order valence-electron chi connectivity index (χ3n) is 5.27. The molecular weight excluding hydrogens is 320 g/mol. The highest BCUT2D eigenvalue weighted by atomic mass is 16.2. The van der Waals surface area contributed by atoms with Crippen molar-refractivity contribution in [1.29, 1.82) is 0 Å². The van der Waals surface area contributed by atoms with Gasteiger partial charge in [-0.3, -0.25) is 4.79 Å². The molecule has 2 aromatic rings. The minimum Gasteiger partial charge on any atom is -0.368 e. The molecule has 1 saturated heterocycles. The highest BCUT2D eigenvalue weighted by Gasteiger charge is 2.23. The van der Waals surface area contributed by atoms with Crippen molar-refractivity contribution in [2.75, 3.05) is 31.1 Å². The fourth-order valence-corrected chi connectivity index (χ4v) is 3.51. The van der Waals surface area contributed by atoms with E-state index in [1.807, 2.05) is 17.0 Å². The van der Waals surface area contributed by atoms with Gasteiger partial charge in [0.15, 0.2) is 0 Å². The van der Waals surface area contributed by atoms with Crippen LogP contribution in [0.5, 0.6) is 0 Å². The standard InChI is InChI=1S/C23H30N2O/c1-17-6-7-18(2)21(16-17)24-12-14-25(15-13-24)22(26)19-8-10-20(11-9-19)23(3,4)5/h6-11,16H,12-15H2,1-5H3. The molecule has 0 saturated carbocycles. The van der Waals surface area contributed by atoms with Gasteiger partial charge in [-0.25, -0.2) is 0 Å². The number of benzene rings is 2. The van der Waals surface area contributed by atoms with Crippen LogP contribution in [-0.4, -0.2) is 37.0 Å². The first-order valence-corrected chi connectivity index (χ1v) is 9.48. The molecule has 0 aromatic heterocycles. The van der Waals surface area contributed by atoms with E-state index in [1.54, 1.807) is 0 Å². The molecule has 0 aliphatic carbocycles.